The number of carbonyl (C=O) groups excluding carboxylic acids is 2. The fourth-order valence-electron chi connectivity index (χ4n) is 6.11. The molecule has 6 rings (SSSR count). The van der Waals surface area contributed by atoms with Crippen LogP contribution < -0.4 is 5.32 Å². The van der Waals surface area contributed by atoms with Gasteiger partial charge in [-0.1, -0.05) is 17.7 Å². The van der Waals surface area contributed by atoms with Gasteiger partial charge in [0, 0.05) is 66.5 Å². The lowest BCUT2D eigenvalue weighted by Gasteiger charge is -2.27. The molecule has 3 fully saturated rings. The van der Waals surface area contributed by atoms with E-state index in [0.29, 0.717) is 28.4 Å². The van der Waals surface area contributed by atoms with Gasteiger partial charge in [0.25, 0.3) is 15.9 Å². The number of hydrogen-bond donors (Lipinski definition) is 1. The number of thiophene rings is 1. The molecule has 226 valence electrons. The Morgan fingerprint density at radius 1 is 1.18 bits per heavy atom. The van der Waals surface area contributed by atoms with Crippen LogP contribution in [0.1, 0.15) is 34.8 Å². The molecule has 0 spiro atoms. The summed E-state index contributed by atoms with van der Waals surface area (Å²) in [6.07, 6.45) is 7.15. The molecule has 3 atom stereocenters. The van der Waals surface area contributed by atoms with Gasteiger partial charge in [0.15, 0.2) is 5.78 Å². The highest BCUT2D eigenvalue weighted by Gasteiger charge is 2.65. The number of amides is 1. The molecule has 4 heterocycles. The molecule has 2 aliphatic heterocycles. The predicted octanol–water partition coefficient (Wildman–Crippen LogP) is 5.07. The fourth-order valence-corrected chi connectivity index (χ4v) is 9.87. The maximum Gasteiger partial charge on any atom is 0.254 e. The smallest absolute Gasteiger partial charge is 0.254 e. The predicted molar refractivity (Wildman–Crippen MR) is 170 cm³/mol. The largest absolute Gasteiger partial charge is 0.357 e. The maximum atomic E-state index is 14.5. The molecule has 3 aromatic rings. The van der Waals surface area contributed by atoms with Gasteiger partial charge in [0.05, 0.1) is 15.4 Å². The van der Waals surface area contributed by atoms with Crippen LogP contribution in [0.3, 0.4) is 0 Å². The van der Waals surface area contributed by atoms with Gasteiger partial charge in [-0.25, -0.2) is 8.42 Å². The van der Waals surface area contributed by atoms with Gasteiger partial charge >= 0.3 is 0 Å². The molecule has 9 nitrogen and oxygen atoms in total. The van der Waals surface area contributed by atoms with E-state index in [1.807, 2.05) is 18.2 Å². The second-order valence-electron chi connectivity index (χ2n) is 11.2. The summed E-state index contributed by atoms with van der Waals surface area (Å²) < 4.78 is 29.1. The van der Waals surface area contributed by atoms with E-state index < -0.39 is 15.6 Å². The number of aromatic nitrogens is 1. The molecule has 1 amide bonds. The average Bonchev–Trinajstić information content (AvgIpc) is 3.35. The molecule has 0 radical (unpaired) electrons. The first-order valence-electron chi connectivity index (χ1n) is 13.9. The van der Waals surface area contributed by atoms with Crippen LogP contribution in [0.4, 0.5) is 0 Å². The summed E-state index contributed by atoms with van der Waals surface area (Å²) in [6.45, 7) is 2.31. The van der Waals surface area contributed by atoms with E-state index in [4.69, 9.17) is 16.9 Å². The van der Waals surface area contributed by atoms with Crippen LogP contribution in [0, 0.1) is 23.2 Å². The van der Waals surface area contributed by atoms with E-state index in [1.54, 1.807) is 66.7 Å². The summed E-state index contributed by atoms with van der Waals surface area (Å²) in [7, 11) is -3.65. The van der Waals surface area contributed by atoms with Crippen molar-refractivity contribution in [2.24, 2.45) is 11.8 Å². The molecule has 2 saturated heterocycles. The number of allylic oxidation sites excluding steroid dienone is 2. The maximum absolute atomic E-state index is 14.5. The van der Waals surface area contributed by atoms with E-state index in [2.05, 4.69) is 26.2 Å². The highest BCUT2D eigenvalue weighted by atomic mass is 79.9. The lowest BCUT2D eigenvalue weighted by Crippen LogP contribution is -2.49. The molecule has 2 aromatic heterocycles. The van der Waals surface area contributed by atoms with Crippen LogP contribution in [0.2, 0.25) is 0 Å². The van der Waals surface area contributed by atoms with Crippen molar-refractivity contribution in [1.29, 1.82) is 5.26 Å². The number of benzene rings is 1. The first-order chi connectivity index (χ1) is 21.0. The van der Waals surface area contributed by atoms with Crippen molar-refractivity contribution in [1.82, 2.24) is 19.5 Å². The number of rotatable bonds is 9. The lowest BCUT2D eigenvalue weighted by molar-refractivity contribution is -0.132. The van der Waals surface area contributed by atoms with Crippen LogP contribution in [0.15, 0.2) is 91.9 Å². The van der Waals surface area contributed by atoms with Crippen molar-refractivity contribution >= 4 is 60.6 Å². The standard InChI is InChI=1S/C31H27BrClN5O4S2/c1-19(33)8-11-31(15-20-9-12-35-13-10-20)30(40)38(27(36-31)14-25(39)22-4-2-21(16-34)3-5-22)29-23-17-37(18-24(23)29)44(41,42)28-7-6-26(32)43-28/h2-10,12-14,23-24,29,36H,11,15,17-18H2,1H3. The molecule has 1 N–H and O–H groups in total. The van der Waals surface area contributed by atoms with Crippen molar-refractivity contribution in [3.8, 4) is 6.07 Å². The van der Waals surface area contributed by atoms with E-state index in [9.17, 15) is 18.0 Å². The molecule has 44 heavy (non-hydrogen) atoms. The Hall–Kier alpha value is -3.34. The molecule has 1 aromatic carbocycles. The first-order valence-corrected chi connectivity index (χ1v) is 17.3. The molecule has 3 unspecified atom stereocenters. The van der Waals surface area contributed by atoms with Gasteiger partial charge in [-0.3, -0.25) is 19.5 Å². The Bertz CT molecular complexity index is 1820. The Labute approximate surface area is 273 Å². The zero-order chi connectivity index (χ0) is 31.2. The summed E-state index contributed by atoms with van der Waals surface area (Å²) in [4.78, 5) is 33.7. The minimum absolute atomic E-state index is 0.0747. The number of nitrogens with one attached hydrogen (secondary N) is 1. The van der Waals surface area contributed by atoms with E-state index >= 15 is 0 Å². The second kappa shape index (κ2) is 11.9. The van der Waals surface area contributed by atoms with Crippen LogP contribution in [0.25, 0.3) is 0 Å². The van der Waals surface area contributed by atoms with Crippen molar-refractivity contribution in [2.45, 2.75) is 35.6 Å². The van der Waals surface area contributed by atoms with Gasteiger partial charge in [0.2, 0.25) is 0 Å². The SMILES string of the molecule is CC(Cl)=CCC1(Cc2ccncc2)NC(=CC(=O)c2ccc(C#N)cc2)N(C2C3CN(S(=O)(=O)c4ccc(Br)s4)CC32)C1=O. The fraction of sp³-hybridized carbons (Fsp3) is 0.290. The van der Waals surface area contributed by atoms with E-state index in [0.717, 1.165) is 9.35 Å². The topological polar surface area (TPSA) is 123 Å². The van der Waals surface area contributed by atoms with Crippen molar-refractivity contribution in [2.75, 3.05) is 13.1 Å². The lowest BCUT2D eigenvalue weighted by atomic mass is 9.87. The van der Waals surface area contributed by atoms with Crippen molar-refractivity contribution in [3.63, 3.8) is 0 Å². The zero-order valence-corrected chi connectivity index (χ0v) is 27.5. The van der Waals surface area contributed by atoms with Crippen molar-refractivity contribution < 1.29 is 18.0 Å². The zero-order valence-electron chi connectivity index (χ0n) is 23.5. The van der Waals surface area contributed by atoms with Crippen LogP contribution in [-0.4, -0.2) is 59.0 Å². The van der Waals surface area contributed by atoms with Crippen LogP contribution >= 0.6 is 38.9 Å². The number of nitriles is 1. The first kappa shape index (κ1) is 30.7. The number of carbonyl (C=O) groups is 2. The van der Waals surface area contributed by atoms with Crippen LogP contribution in [0.5, 0.6) is 0 Å². The summed E-state index contributed by atoms with van der Waals surface area (Å²) >= 11 is 10.7. The molecule has 0 bridgehead atoms. The molecular weight excluding hydrogens is 686 g/mol. The quantitative estimate of drug-likeness (QED) is 0.243. The van der Waals surface area contributed by atoms with Gasteiger partial charge in [-0.05, 0) is 83.4 Å². The Kier molecular flexibility index (Phi) is 8.28. The number of halogens is 2. The molecule has 13 heteroatoms. The number of fused-ring (bicyclic) bond motifs is 1. The summed E-state index contributed by atoms with van der Waals surface area (Å²) in [5.41, 5.74) is 0.575. The van der Waals surface area contributed by atoms with E-state index in [-0.39, 0.29) is 53.3 Å². The number of sulfonamides is 1. The monoisotopic (exact) mass is 711 g/mol. The molecule has 1 aliphatic carbocycles. The molecule has 1 saturated carbocycles. The highest BCUT2D eigenvalue weighted by molar-refractivity contribution is 9.11. The number of pyridine rings is 1. The third-order valence-corrected chi connectivity index (χ3v) is 12.4. The minimum Gasteiger partial charge on any atom is -0.357 e. The molecule has 3 aliphatic rings. The average molecular weight is 713 g/mol. The van der Waals surface area contributed by atoms with Gasteiger partial charge in [-0.15, -0.1) is 11.3 Å². The van der Waals surface area contributed by atoms with Crippen molar-refractivity contribution in [3.05, 3.63) is 104 Å². The van der Waals surface area contributed by atoms with Gasteiger partial charge < -0.3 is 5.32 Å². The summed E-state index contributed by atoms with van der Waals surface area (Å²) in [5.74, 6) is -0.297. The number of nitrogens with zero attached hydrogens (tertiary/aromatic N) is 4. The molecular formula is C31H27BrClN5O4S2. The Morgan fingerprint density at radius 2 is 1.86 bits per heavy atom. The number of ketones is 1. The Balaban J connectivity index is 1.33. The van der Waals surface area contributed by atoms with Gasteiger partial charge in [0.1, 0.15) is 15.6 Å². The number of hydrogen-bond acceptors (Lipinski definition) is 8. The van der Waals surface area contributed by atoms with E-state index in [1.165, 1.54) is 21.7 Å². The summed E-state index contributed by atoms with van der Waals surface area (Å²) in [6, 6.07) is 15.1. The van der Waals surface area contributed by atoms with Gasteiger partial charge in [-0.2, -0.15) is 9.57 Å². The Morgan fingerprint density at radius 3 is 2.45 bits per heavy atom. The number of piperidine rings is 1. The third-order valence-electron chi connectivity index (χ3n) is 8.36. The van der Waals surface area contributed by atoms with Crippen LogP contribution in [-0.2, 0) is 21.2 Å². The summed E-state index contributed by atoms with van der Waals surface area (Å²) in [5, 5.41) is 13.1. The second-order valence-corrected chi connectivity index (χ2v) is 16.4. The highest BCUT2D eigenvalue weighted by Crippen LogP contribution is 2.53. The normalized spacial score (nSPS) is 26.0. The third kappa shape index (κ3) is 5.75. The minimum atomic E-state index is -3.65.